The number of nitrogens with zero attached hydrogens (tertiary/aromatic N) is 2. The van der Waals surface area contributed by atoms with Gasteiger partial charge in [0.05, 0.1) is 18.5 Å². The highest BCUT2D eigenvalue weighted by atomic mass is 16.5. The molecule has 3 aromatic heterocycles. The fourth-order valence-corrected chi connectivity index (χ4v) is 7.34. The van der Waals surface area contributed by atoms with Gasteiger partial charge in [-0.1, -0.05) is 55.4 Å². The quantitative estimate of drug-likeness (QED) is 0.272. The summed E-state index contributed by atoms with van der Waals surface area (Å²) in [5.41, 5.74) is 19.3. The molecule has 5 heteroatoms. The van der Waals surface area contributed by atoms with Crippen LogP contribution in [0.25, 0.3) is 44.4 Å². The summed E-state index contributed by atoms with van der Waals surface area (Å²) >= 11 is 0. The number of hydrogen-bond acceptors (Lipinski definition) is 3. The second kappa shape index (κ2) is 12.3. The Hall–Kier alpha value is -3.60. The largest absolute Gasteiger partial charge is 0.492 e. The number of ether oxygens (including phenoxy) is 1. The van der Waals surface area contributed by atoms with Gasteiger partial charge in [-0.2, -0.15) is 0 Å². The van der Waals surface area contributed by atoms with Gasteiger partial charge >= 0.3 is 0 Å². The van der Waals surface area contributed by atoms with Crippen molar-refractivity contribution < 1.29 is 4.74 Å². The smallest absolute Gasteiger partial charge is 0.170 e. The molecule has 0 spiro atoms. The van der Waals surface area contributed by atoms with E-state index in [9.17, 15) is 0 Å². The van der Waals surface area contributed by atoms with Crippen molar-refractivity contribution >= 4 is 44.4 Å². The minimum atomic E-state index is 0.794. The number of allylic oxidation sites excluding steroid dienone is 4. The lowest BCUT2D eigenvalue weighted by atomic mass is 9.96. The Bertz CT molecular complexity index is 1620. The van der Waals surface area contributed by atoms with Crippen LogP contribution in [0, 0.1) is 0 Å². The first-order chi connectivity index (χ1) is 20.4. The zero-order valence-electron chi connectivity index (χ0n) is 27.2. The SMILES string of the molecule is CCC1=C(CC)c2nc1cc1[nH]c(cc3[nH]c(cc4nc(c2OC)C(CC)=C4CC)c(CC)c3CC)c(CC)c1CC. The van der Waals surface area contributed by atoms with Crippen LogP contribution in [0.5, 0.6) is 5.75 Å². The summed E-state index contributed by atoms with van der Waals surface area (Å²) < 4.78 is 6.24. The van der Waals surface area contributed by atoms with Crippen molar-refractivity contribution in [1.82, 2.24) is 19.9 Å². The van der Waals surface area contributed by atoms with E-state index in [1.54, 1.807) is 7.11 Å². The first-order valence-electron chi connectivity index (χ1n) is 16.2. The Morgan fingerprint density at radius 3 is 1.10 bits per heavy atom. The first-order valence-corrected chi connectivity index (χ1v) is 16.2. The van der Waals surface area contributed by atoms with E-state index in [1.165, 1.54) is 55.6 Å². The van der Waals surface area contributed by atoms with Gasteiger partial charge < -0.3 is 14.7 Å². The maximum absolute atomic E-state index is 6.24. The molecule has 2 aliphatic rings. The van der Waals surface area contributed by atoms with Crippen molar-refractivity contribution in [2.75, 3.05) is 7.11 Å². The van der Waals surface area contributed by atoms with Crippen LogP contribution in [-0.2, 0) is 25.7 Å². The number of rotatable bonds is 9. The lowest BCUT2D eigenvalue weighted by Crippen LogP contribution is -1.96. The van der Waals surface area contributed by atoms with Crippen molar-refractivity contribution in [2.45, 2.75) is 107 Å². The highest BCUT2D eigenvalue weighted by Gasteiger charge is 2.27. The normalized spacial score (nSPS) is 13.5. The maximum atomic E-state index is 6.24. The lowest BCUT2D eigenvalue weighted by Gasteiger charge is -2.10. The molecule has 0 saturated carbocycles. The van der Waals surface area contributed by atoms with Crippen LogP contribution in [0.15, 0.2) is 18.2 Å². The fourth-order valence-electron chi connectivity index (χ4n) is 7.34. The molecule has 5 heterocycles. The van der Waals surface area contributed by atoms with Crippen LogP contribution in [0.1, 0.15) is 126 Å². The van der Waals surface area contributed by atoms with Crippen molar-refractivity contribution in [3.05, 3.63) is 63.2 Å². The average molecular weight is 565 g/mol. The van der Waals surface area contributed by atoms with Gasteiger partial charge in [0.1, 0.15) is 11.4 Å². The maximum Gasteiger partial charge on any atom is 0.170 e. The zero-order chi connectivity index (χ0) is 30.1. The highest BCUT2D eigenvalue weighted by molar-refractivity contribution is 5.99. The molecule has 2 N–H and O–H groups in total. The Kier molecular flexibility index (Phi) is 8.77. The minimum Gasteiger partial charge on any atom is -0.492 e. The Morgan fingerprint density at radius 2 is 0.810 bits per heavy atom. The highest BCUT2D eigenvalue weighted by Crippen LogP contribution is 2.45. The zero-order valence-corrected chi connectivity index (χ0v) is 27.2. The molecular weight excluding hydrogens is 516 g/mol. The van der Waals surface area contributed by atoms with Gasteiger partial charge in [-0.05, 0) is 114 Å². The monoisotopic (exact) mass is 564 g/mol. The van der Waals surface area contributed by atoms with Crippen molar-refractivity contribution in [1.29, 1.82) is 0 Å². The second-order valence-corrected chi connectivity index (χ2v) is 11.2. The van der Waals surface area contributed by atoms with E-state index in [0.29, 0.717) is 0 Å². The Labute approximate surface area is 251 Å². The summed E-state index contributed by atoms with van der Waals surface area (Å²) in [6.07, 6.45) is 7.50. The van der Waals surface area contributed by atoms with Crippen LogP contribution in [0.4, 0.5) is 0 Å². The van der Waals surface area contributed by atoms with E-state index in [0.717, 1.165) is 90.9 Å². The molecule has 5 nitrogen and oxygen atoms in total. The summed E-state index contributed by atoms with van der Waals surface area (Å²) in [4.78, 5) is 18.3. The van der Waals surface area contributed by atoms with Gasteiger partial charge in [-0.15, -0.1) is 0 Å². The molecule has 0 aromatic carbocycles. The van der Waals surface area contributed by atoms with Crippen molar-refractivity contribution in [2.24, 2.45) is 0 Å². The van der Waals surface area contributed by atoms with Crippen LogP contribution in [0.3, 0.4) is 0 Å². The number of aromatic nitrogens is 4. The Morgan fingerprint density at radius 1 is 0.476 bits per heavy atom. The summed E-state index contributed by atoms with van der Waals surface area (Å²) in [6, 6.07) is 6.91. The molecule has 0 atom stereocenters. The molecule has 8 bridgehead atoms. The van der Waals surface area contributed by atoms with Gasteiger partial charge in [-0.25, -0.2) is 9.97 Å². The number of aromatic amines is 2. The van der Waals surface area contributed by atoms with E-state index < -0.39 is 0 Å². The van der Waals surface area contributed by atoms with Crippen molar-refractivity contribution in [3.8, 4) is 5.75 Å². The van der Waals surface area contributed by atoms with Gasteiger partial charge in [0.15, 0.2) is 5.75 Å². The number of nitrogens with one attached hydrogen (secondary N) is 2. The fraction of sp³-hybridized carbons (Fsp3) is 0.459. The van der Waals surface area contributed by atoms with E-state index in [-0.39, 0.29) is 0 Å². The summed E-state index contributed by atoms with van der Waals surface area (Å²) in [7, 11) is 1.77. The van der Waals surface area contributed by atoms with E-state index in [1.807, 2.05) is 0 Å². The third kappa shape index (κ3) is 4.71. The summed E-state index contributed by atoms with van der Waals surface area (Å²) in [5.74, 6) is 0.794. The predicted molar refractivity (Wildman–Crippen MR) is 180 cm³/mol. The molecule has 2 aliphatic heterocycles. The molecule has 0 radical (unpaired) electrons. The lowest BCUT2D eigenvalue weighted by molar-refractivity contribution is 0.409. The van der Waals surface area contributed by atoms with E-state index in [2.05, 4.69) is 83.6 Å². The van der Waals surface area contributed by atoms with Crippen LogP contribution in [-0.4, -0.2) is 27.0 Å². The number of fused-ring (bicyclic) bond motifs is 8. The standard InChI is InChI=1S/C37H48N4O/c1-10-21-23(12-3)31-19-33-25(14-5)27(16-7)35(40-33)37(42-9)36-28(17-8)26(15-6)34(41-36)20-32-24(13-4)22(11-2)30(39-32)18-29(21)38-31/h18-20,38-39H,10-17H2,1-9H3. The van der Waals surface area contributed by atoms with Gasteiger partial charge in [0.25, 0.3) is 0 Å². The first kappa shape index (κ1) is 29.9. The summed E-state index contributed by atoms with van der Waals surface area (Å²) in [5, 5.41) is 0. The molecule has 0 amide bonds. The number of methoxy groups -OCH3 is 1. The molecule has 3 aromatic rings. The van der Waals surface area contributed by atoms with Crippen LogP contribution >= 0.6 is 0 Å². The van der Waals surface area contributed by atoms with Crippen LogP contribution < -0.4 is 4.74 Å². The van der Waals surface area contributed by atoms with Gasteiger partial charge in [0.2, 0.25) is 0 Å². The minimum absolute atomic E-state index is 0.794. The second-order valence-electron chi connectivity index (χ2n) is 11.2. The molecule has 0 fully saturated rings. The van der Waals surface area contributed by atoms with E-state index >= 15 is 0 Å². The van der Waals surface area contributed by atoms with Crippen molar-refractivity contribution in [3.63, 3.8) is 0 Å². The third-order valence-electron chi connectivity index (χ3n) is 9.26. The number of H-pyrrole nitrogens is 2. The molecular formula is C37H48N4O. The van der Waals surface area contributed by atoms with Gasteiger partial charge in [-0.3, -0.25) is 0 Å². The topological polar surface area (TPSA) is 66.6 Å². The molecule has 5 rings (SSSR count). The molecule has 0 unspecified atom stereocenters. The number of aryl methyl sites for hydroxylation is 4. The van der Waals surface area contributed by atoms with E-state index in [4.69, 9.17) is 14.7 Å². The third-order valence-corrected chi connectivity index (χ3v) is 9.26. The Balaban J connectivity index is 2.09. The summed E-state index contributed by atoms with van der Waals surface area (Å²) in [6.45, 7) is 18.0. The molecule has 222 valence electrons. The molecule has 42 heavy (non-hydrogen) atoms. The molecule has 0 saturated heterocycles. The molecule has 0 aliphatic carbocycles. The average Bonchev–Trinajstić information content (AvgIpc) is 3.72. The predicted octanol–water partition coefficient (Wildman–Crippen LogP) is 10.0. The van der Waals surface area contributed by atoms with Gasteiger partial charge in [0, 0.05) is 22.1 Å². The number of hydrogen-bond donors (Lipinski definition) is 2. The van der Waals surface area contributed by atoms with Crippen LogP contribution in [0.2, 0.25) is 0 Å².